The number of piperidine rings is 1. The van der Waals surface area contributed by atoms with Gasteiger partial charge < -0.3 is 9.88 Å². The number of benzene rings is 1. The van der Waals surface area contributed by atoms with Crippen LogP contribution in [0.4, 0.5) is 19.0 Å². The van der Waals surface area contributed by atoms with Crippen molar-refractivity contribution in [3.05, 3.63) is 51.8 Å². The fourth-order valence-electron chi connectivity index (χ4n) is 7.31. The third kappa shape index (κ3) is 7.83. The quantitative estimate of drug-likeness (QED) is 0.212. The normalized spacial score (nSPS) is 18.7. The van der Waals surface area contributed by atoms with E-state index in [1.807, 2.05) is 6.92 Å². The second kappa shape index (κ2) is 13.9. The number of aryl methyl sites for hydroxylation is 3. The Morgan fingerprint density at radius 2 is 1.71 bits per heavy atom. The third-order valence-corrected chi connectivity index (χ3v) is 12.2. The highest BCUT2D eigenvalue weighted by Crippen LogP contribution is 2.34. The minimum absolute atomic E-state index is 0.186. The van der Waals surface area contributed by atoms with E-state index in [-0.39, 0.29) is 17.0 Å². The smallest absolute Gasteiger partial charge is 0.367 e. The maximum absolute atomic E-state index is 13.1. The van der Waals surface area contributed by atoms with E-state index in [0.717, 1.165) is 63.4 Å². The van der Waals surface area contributed by atoms with Gasteiger partial charge in [-0.3, -0.25) is 9.80 Å². The molecular formula is C34H46F3N7O2S2. The number of aromatic nitrogens is 3. The molecule has 1 N–H and O–H groups in total. The first-order valence-electron chi connectivity index (χ1n) is 16.8. The van der Waals surface area contributed by atoms with Gasteiger partial charge in [0, 0.05) is 92.3 Å². The molecular weight excluding hydrogens is 660 g/mol. The molecule has 1 unspecified atom stereocenters. The monoisotopic (exact) mass is 705 g/mol. The van der Waals surface area contributed by atoms with Crippen molar-refractivity contribution in [3.8, 4) is 0 Å². The Kier molecular flexibility index (Phi) is 10.1. The van der Waals surface area contributed by atoms with Crippen molar-refractivity contribution < 1.29 is 21.6 Å². The van der Waals surface area contributed by atoms with Gasteiger partial charge in [0.1, 0.15) is 16.5 Å². The van der Waals surface area contributed by atoms with Crippen LogP contribution in [-0.4, -0.2) is 101 Å². The number of nitrogens with zero attached hydrogens (tertiary/aromatic N) is 6. The second-order valence-electron chi connectivity index (χ2n) is 13.5. The summed E-state index contributed by atoms with van der Waals surface area (Å²) in [5.41, 5.74) is 5.07. The van der Waals surface area contributed by atoms with Gasteiger partial charge in [-0.25, -0.2) is 18.4 Å². The molecule has 14 heteroatoms. The molecule has 9 nitrogen and oxygen atoms in total. The van der Waals surface area contributed by atoms with Crippen LogP contribution >= 0.6 is 11.3 Å². The number of rotatable bonds is 10. The molecule has 2 saturated heterocycles. The standard InChI is InChI=1S/C34H46F3N7O2S2/c1-6-31-39-32(29-18-27(19-34(35,36)37)47-33(29)40-31)38-26-9-11-41(12-10-26)21-25-7-8-30-28(24(25)4)17-22(2)44(30)23(3)20-42-13-15-43(16-14-42)48(5,45)46/h7-8,17-18,23,26H,6,9-16,19-21H2,1-5H3,(H,38,39,40). The number of hydrogen-bond donors (Lipinski definition) is 1. The van der Waals surface area contributed by atoms with Crippen molar-refractivity contribution in [1.29, 1.82) is 0 Å². The summed E-state index contributed by atoms with van der Waals surface area (Å²) in [5.74, 6) is 1.28. The first-order valence-corrected chi connectivity index (χ1v) is 19.5. The van der Waals surface area contributed by atoms with Crippen LogP contribution < -0.4 is 5.32 Å². The summed E-state index contributed by atoms with van der Waals surface area (Å²) >= 11 is 1.10. The van der Waals surface area contributed by atoms with Gasteiger partial charge in [-0.1, -0.05) is 13.0 Å². The van der Waals surface area contributed by atoms with Crippen molar-refractivity contribution in [1.82, 2.24) is 28.6 Å². The first kappa shape index (κ1) is 35.1. The largest absolute Gasteiger partial charge is 0.393 e. The molecule has 2 aliphatic rings. The maximum atomic E-state index is 13.1. The zero-order chi connectivity index (χ0) is 34.4. The highest BCUT2D eigenvalue weighted by atomic mass is 32.2. The molecule has 5 heterocycles. The van der Waals surface area contributed by atoms with E-state index in [4.69, 9.17) is 0 Å². The molecule has 48 heavy (non-hydrogen) atoms. The summed E-state index contributed by atoms with van der Waals surface area (Å²) in [6.45, 7) is 14.7. The van der Waals surface area contributed by atoms with E-state index in [9.17, 15) is 21.6 Å². The SMILES string of the molecule is CCc1nc(NC2CCN(Cc3ccc4c(cc(C)n4C(C)CN4CCN(S(C)(=O)=O)CC4)c3C)CC2)c2cc(CC(F)(F)F)sc2n1. The highest BCUT2D eigenvalue weighted by Gasteiger charge is 2.30. The van der Waals surface area contributed by atoms with Crippen LogP contribution in [-0.2, 0) is 29.4 Å². The third-order valence-electron chi connectivity index (χ3n) is 9.86. The molecule has 1 aromatic carbocycles. The zero-order valence-corrected chi connectivity index (χ0v) is 30.0. The number of alkyl halides is 3. The predicted molar refractivity (Wildman–Crippen MR) is 187 cm³/mol. The van der Waals surface area contributed by atoms with Crippen molar-refractivity contribution in [2.24, 2.45) is 0 Å². The van der Waals surface area contributed by atoms with Gasteiger partial charge in [0.25, 0.3) is 0 Å². The molecule has 0 bridgehead atoms. The number of likely N-dealkylation sites (tertiary alicyclic amines) is 1. The minimum Gasteiger partial charge on any atom is -0.367 e. The number of thiophene rings is 1. The van der Waals surface area contributed by atoms with Gasteiger partial charge in [0.2, 0.25) is 10.0 Å². The molecule has 0 spiro atoms. The van der Waals surface area contributed by atoms with Crippen LogP contribution in [0, 0.1) is 13.8 Å². The average Bonchev–Trinajstić information content (AvgIpc) is 3.58. The number of sulfonamides is 1. The molecule has 6 rings (SSSR count). The van der Waals surface area contributed by atoms with E-state index in [1.54, 1.807) is 10.4 Å². The molecule has 4 aromatic rings. The lowest BCUT2D eigenvalue weighted by Crippen LogP contribution is -2.49. The molecule has 3 aromatic heterocycles. The van der Waals surface area contributed by atoms with Crippen molar-refractivity contribution in [2.75, 3.05) is 57.4 Å². The summed E-state index contributed by atoms with van der Waals surface area (Å²) in [5, 5.41) is 5.51. The van der Waals surface area contributed by atoms with Gasteiger partial charge in [-0.15, -0.1) is 11.3 Å². The van der Waals surface area contributed by atoms with E-state index in [0.29, 0.717) is 41.4 Å². The van der Waals surface area contributed by atoms with Gasteiger partial charge >= 0.3 is 6.18 Å². The fourth-order valence-corrected chi connectivity index (χ4v) is 9.22. The number of halogens is 3. The molecule has 262 valence electrons. The number of fused-ring (bicyclic) bond motifs is 2. The van der Waals surface area contributed by atoms with Gasteiger partial charge in [0.05, 0.1) is 18.1 Å². The van der Waals surface area contributed by atoms with Crippen molar-refractivity contribution >= 4 is 48.3 Å². The molecule has 2 aliphatic heterocycles. The Hall–Kier alpha value is -2.78. The molecule has 0 amide bonds. The lowest BCUT2D eigenvalue weighted by Gasteiger charge is -2.35. The first-order chi connectivity index (χ1) is 22.7. The predicted octanol–water partition coefficient (Wildman–Crippen LogP) is 6.14. The summed E-state index contributed by atoms with van der Waals surface area (Å²) in [4.78, 5) is 14.9. The van der Waals surface area contributed by atoms with Crippen LogP contribution in [0.5, 0.6) is 0 Å². The number of piperazine rings is 1. The maximum Gasteiger partial charge on any atom is 0.393 e. The van der Waals surface area contributed by atoms with Gasteiger partial charge in [0.15, 0.2) is 0 Å². The van der Waals surface area contributed by atoms with E-state index >= 15 is 0 Å². The lowest BCUT2D eigenvalue weighted by atomic mass is 10.0. The van der Waals surface area contributed by atoms with E-state index in [1.165, 1.54) is 34.0 Å². The summed E-state index contributed by atoms with van der Waals surface area (Å²) in [6.07, 6.45) is -1.47. The van der Waals surface area contributed by atoms with Crippen molar-refractivity contribution in [3.63, 3.8) is 0 Å². The minimum atomic E-state index is -4.26. The van der Waals surface area contributed by atoms with Gasteiger partial charge in [-0.05, 0) is 62.9 Å². The molecule has 1 atom stereocenters. The van der Waals surface area contributed by atoms with Crippen LogP contribution in [0.3, 0.4) is 0 Å². The Morgan fingerprint density at radius 1 is 1.00 bits per heavy atom. The fraction of sp³-hybridized carbons (Fsp3) is 0.588. The van der Waals surface area contributed by atoms with Crippen LogP contribution in [0.2, 0.25) is 0 Å². The zero-order valence-electron chi connectivity index (χ0n) is 28.4. The highest BCUT2D eigenvalue weighted by molar-refractivity contribution is 7.88. The average molecular weight is 706 g/mol. The molecule has 0 aliphatic carbocycles. The lowest BCUT2D eigenvalue weighted by molar-refractivity contribution is -0.126. The Balaban J connectivity index is 1.08. The Labute approximate surface area is 285 Å². The Bertz CT molecular complexity index is 1870. The second-order valence-corrected chi connectivity index (χ2v) is 16.6. The summed E-state index contributed by atoms with van der Waals surface area (Å²) < 4.78 is 67.1. The van der Waals surface area contributed by atoms with Crippen LogP contribution in [0.1, 0.15) is 60.3 Å². The Morgan fingerprint density at radius 3 is 2.35 bits per heavy atom. The summed E-state index contributed by atoms with van der Waals surface area (Å²) in [7, 11) is -3.14. The summed E-state index contributed by atoms with van der Waals surface area (Å²) in [6, 6.07) is 8.83. The topological polar surface area (TPSA) is 86.6 Å². The number of nitrogens with one attached hydrogen (secondary N) is 1. The van der Waals surface area contributed by atoms with Crippen LogP contribution in [0.15, 0.2) is 24.3 Å². The van der Waals surface area contributed by atoms with E-state index < -0.39 is 22.6 Å². The van der Waals surface area contributed by atoms with E-state index in [2.05, 4.69) is 68.6 Å². The number of hydrogen-bond acceptors (Lipinski definition) is 8. The molecule has 0 radical (unpaired) electrons. The van der Waals surface area contributed by atoms with Gasteiger partial charge in [-0.2, -0.15) is 17.5 Å². The molecule has 2 fully saturated rings. The van der Waals surface area contributed by atoms with Crippen LogP contribution in [0.25, 0.3) is 21.1 Å². The number of anilines is 1. The molecule has 0 saturated carbocycles. The van der Waals surface area contributed by atoms with Crippen molar-refractivity contribution in [2.45, 2.75) is 78.2 Å².